The van der Waals surface area contributed by atoms with Crippen LogP contribution in [0.15, 0.2) is 65.0 Å². The first-order chi connectivity index (χ1) is 15.6. The molecule has 3 amide bonds. The number of allylic oxidation sites excluding steroid dienone is 2. The van der Waals surface area contributed by atoms with Gasteiger partial charge in [0.1, 0.15) is 0 Å². The van der Waals surface area contributed by atoms with Gasteiger partial charge in [-0.2, -0.15) is 0 Å². The lowest BCUT2D eigenvalue weighted by Crippen LogP contribution is -2.32. The fraction of sp³-hybridized carbons (Fsp3) is 0.250. The van der Waals surface area contributed by atoms with Gasteiger partial charge in [-0.25, -0.2) is 9.88 Å². The first kappa shape index (κ1) is 19.7. The van der Waals surface area contributed by atoms with Crippen molar-refractivity contribution in [1.29, 1.82) is 0 Å². The third kappa shape index (κ3) is 3.17. The third-order valence-electron chi connectivity index (χ3n) is 6.47. The van der Waals surface area contributed by atoms with Gasteiger partial charge in [-0.1, -0.05) is 42.1 Å². The monoisotopic (exact) mass is 461 g/mol. The molecule has 160 valence electrons. The largest absolute Gasteiger partial charge is 0.325 e. The molecule has 2 aliphatic carbocycles. The normalized spacial score (nSPS) is 25.7. The number of thiazole rings is 1. The number of nitrogens with one attached hydrogen (secondary N) is 1. The van der Waals surface area contributed by atoms with E-state index in [1.165, 1.54) is 28.0 Å². The maximum absolute atomic E-state index is 13.1. The molecule has 4 atom stereocenters. The minimum Gasteiger partial charge on any atom is -0.325 e. The van der Waals surface area contributed by atoms with E-state index >= 15 is 0 Å². The van der Waals surface area contributed by atoms with Crippen molar-refractivity contribution >= 4 is 62.4 Å². The Hall–Kier alpha value is -2.97. The van der Waals surface area contributed by atoms with Gasteiger partial charge < -0.3 is 5.32 Å². The summed E-state index contributed by atoms with van der Waals surface area (Å²) in [5.41, 5.74) is 2.18. The number of nitrogens with zero attached hydrogens (tertiary/aromatic N) is 2. The summed E-state index contributed by atoms with van der Waals surface area (Å²) in [7, 11) is 0. The predicted molar refractivity (Wildman–Crippen MR) is 126 cm³/mol. The molecule has 1 aliphatic heterocycles. The predicted octanol–water partition coefficient (Wildman–Crippen LogP) is 4.34. The molecule has 3 aliphatic rings. The lowest BCUT2D eigenvalue weighted by molar-refractivity contribution is -0.123. The molecule has 2 fully saturated rings. The number of aromatic nitrogens is 1. The number of amides is 3. The number of fused-ring (bicyclic) bond motifs is 6. The van der Waals surface area contributed by atoms with Crippen LogP contribution >= 0.6 is 23.1 Å². The lowest BCUT2D eigenvalue weighted by atomic mass is 9.85. The van der Waals surface area contributed by atoms with Crippen molar-refractivity contribution in [3.05, 3.63) is 60.7 Å². The lowest BCUT2D eigenvalue weighted by Gasteiger charge is -2.17. The zero-order valence-electron chi connectivity index (χ0n) is 16.9. The van der Waals surface area contributed by atoms with Crippen LogP contribution in [-0.2, 0) is 14.4 Å². The van der Waals surface area contributed by atoms with Crippen molar-refractivity contribution in [3.63, 3.8) is 0 Å². The molecule has 2 heterocycles. The number of hydrogen-bond donors (Lipinski definition) is 1. The number of thioether (sulfide) groups is 1. The van der Waals surface area contributed by atoms with Gasteiger partial charge in [0.25, 0.3) is 0 Å². The fourth-order valence-electron chi connectivity index (χ4n) is 5.10. The van der Waals surface area contributed by atoms with Gasteiger partial charge in [0.15, 0.2) is 4.34 Å². The summed E-state index contributed by atoms with van der Waals surface area (Å²) < 4.78 is 1.67. The highest BCUT2D eigenvalue weighted by Gasteiger charge is 2.59. The molecule has 8 heteroatoms. The van der Waals surface area contributed by atoms with E-state index in [4.69, 9.17) is 0 Å². The Balaban J connectivity index is 1.18. The second-order valence-electron chi connectivity index (χ2n) is 8.35. The Morgan fingerprint density at radius 3 is 2.50 bits per heavy atom. The quantitative estimate of drug-likeness (QED) is 0.347. The summed E-state index contributed by atoms with van der Waals surface area (Å²) in [6.07, 6.45) is 5.13. The number of para-hydroxylation sites is 1. The molecular formula is C24H19N3O3S2. The second kappa shape index (κ2) is 7.56. The Bertz CT molecular complexity index is 1260. The molecule has 2 bridgehead atoms. The van der Waals surface area contributed by atoms with Gasteiger partial charge in [0.2, 0.25) is 17.7 Å². The molecule has 1 saturated carbocycles. The van der Waals surface area contributed by atoms with Crippen LogP contribution < -0.4 is 10.2 Å². The molecule has 1 saturated heterocycles. The molecule has 0 radical (unpaired) electrons. The molecule has 1 aromatic heterocycles. The van der Waals surface area contributed by atoms with E-state index < -0.39 is 0 Å². The zero-order valence-corrected chi connectivity index (χ0v) is 18.6. The highest BCUT2D eigenvalue weighted by Crippen LogP contribution is 2.53. The Kier molecular flexibility index (Phi) is 4.66. The molecule has 2 aromatic carbocycles. The number of benzene rings is 2. The van der Waals surface area contributed by atoms with Crippen molar-refractivity contribution < 1.29 is 14.4 Å². The summed E-state index contributed by atoms with van der Waals surface area (Å²) in [4.78, 5) is 44.3. The first-order valence-electron chi connectivity index (χ1n) is 10.5. The molecule has 3 aromatic rings. The average Bonchev–Trinajstić information content (AvgIpc) is 3.55. The summed E-state index contributed by atoms with van der Waals surface area (Å²) in [6, 6.07) is 14.8. The Morgan fingerprint density at radius 1 is 1.06 bits per heavy atom. The Labute approximate surface area is 192 Å². The Morgan fingerprint density at radius 2 is 1.78 bits per heavy atom. The van der Waals surface area contributed by atoms with Crippen LogP contribution in [-0.4, -0.2) is 28.5 Å². The molecule has 6 nitrogen and oxygen atoms in total. The van der Waals surface area contributed by atoms with E-state index in [-0.39, 0.29) is 47.1 Å². The van der Waals surface area contributed by atoms with Crippen molar-refractivity contribution in [2.75, 3.05) is 16.0 Å². The number of anilines is 2. The van der Waals surface area contributed by atoms with E-state index in [1.54, 1.807) is 6.07 Å². The molecular weight excluding hydrogens is 442 g/mol. The van der Waals surface area contributed by atoms with Crippen molar-refractivity contribution in [2.24, 2.45) is 23.7 Å². The molecule has 0 spiro atoms. The van der Waals surface area contributed by atoms with E-state index in [0.717, 1.165) is 26.7 Å². The standard InChI is InChI=1S/C24H19N3O3S2/c28-19(25-15-4-2-1-3-5-15)12-31-24-26-17-9-8-16(11-18(17)32-24)27-22(29)20-13-6-7-14(10-13)21(20)23(27)30/h1-9,11,13-14,20-21H,10,12H2,(H,25,28)/t13-,14-,20+,21+/m0/s1. The van der Waals surface area contributed by atoms with E-state index in [9.17, 15) is 14.4 Å². The highest BCUT2D eigenvalue weighted by molar-refractivity contribution is 8.01. The SMILES string of the molecule is O=C(CSc1nc2ccc(N3C(=O)[C@H]4[C@H](C3=O)[C@H]3C=C[C@H]4C3)cc2s1)Nc1ccccc1. The van der Waals surface area contributed by atoms with Crippen molar-refractivity contribution in [1.82, 2.24) is 4.98 Å². The number of imide groups is 1. The first-order valence-corrected chi connectivity index (χ1v) is 12.3. The van der Waals surface area contributed by atoms with Crippen LogP contribution in [0.2, 0.25) is 0 Å². The summed E-state index contributed by atoms with van der Waals surface area (Å²) >= 11 is 2.84. The van der Waals surface area contributed by atoms with Gasteiger partial charge in [0.05, 0.1) is 33.5 Å². The minimum absolute atomic E-state index is 0.0760. The van der Waals surface area contributed by atoms with Gasteiger partial charge in [0, 0.05) is 5.69 Å². The maximum atomic E-state index is 13.1. The van der Waals surface area contributed by atoms with Crippen LogP contribution in [0, 0.1) is 23.7 Å². The fourth-order valence-corrected chi connectivity index (χ4v) is 7.00. The third-order valence-corrected chi connectivity index (χ3v) is 8.63. The van der Waals surface area contributed by atoms with Crippen molar-refractivity contribution in [3.8, 4) is 0 Å². The molecule has 32 heavy (non-hydrogen) atoms. The van der Waals surface area contributed by atoms with Crippen molar-refractivity contribution in [2.45, 2.75) is 10.8 Å². The maximum Gasteiger partial charge on any atom is 0.238 e. The van der Waals surface area contributed by atoms with E-state index in [2.05, 4.69) is 22.5 Å². The number of rotatable bonds is 5. The highest BCUT2D eigenvalue weighted by atomic mass is 32.2. The van der Waals surface area contributed by atoms with E-state index in [1.807, 2.05) is 42.5 Å². The second-order valence-corrected chi connectivity index (χ2v) is 10.6. The van der Waals surface area contributed by atoms with Crippen LogP contribution in [0.25, 0.3) is 10.2 Å². The smallest absolute Gasteiger partial charge is 0.238 e. The van der Waals surface area contributed by atoms with Gasteiger partial charge in [-0.05, 0) is 48.6 Å². The average molecular weight is 462 g/mol. The summed E-state index contributed by atoms with van der Waals surface area (Å²) in [6.45, 7) is 0. The summed E-state index contributed by atoms with van der Waals surface area (Å²) in [5, 5.41) is 2.86. The van der Waals surface area contributed by atoms with E-state index in [0.29, 0.717) is 5.69 Å². The number of carbonyl (C=O) groups excluding carboxylic acids is 3. The number of carbonyl (C=O) groups is 3. The molecule has 6 rings (SSSR count). The minimum atomic E-state index is -0.205. The van der Waals surface area contributed by atoms with Gasteiger partial charge >= 0.3 is 0 Å². The number of hydrogen-bond acceptors (Lipinski definition) is 6. The zero-order chi connectivity index (χ0) is 21.8. The topological polar surface area (TPSA) is 79.4 Å². The van der Waals surface area contributed by atoms with Crippen LogP contribution in [0.5, 0.6) is 0 Å². The van der Waals surface area contributed by atoms with Crippen LogP contribution in [0.1, 0.15) is 6.42 Å². The van der Waals surface area contributed by atoms with Crippen LogP contribution in [0.3, 0.4) is 0 Å². The summed E-state index contributed by atoms with van der Waals surface area (Å²) in [5.74, 6) is -0.00546. The van der Waals surface area contributed by atoms with Crippen LogP contribution in [0.4, 0.5) is 11.4 Å². The molecule has 1 N–H and O–H groups in total. The van der Waals surface area contributed by atoms with Gasteiger partial charge in [-0.3, -0.25) is 14.4 Å². The molecule has 0 unspecified atom stereocenters. The van der Waals surface area contributed by atoms with Gasteiger partial charge in [-0.15, -0.1) is 11.3 Å².